The van der Waals surface area contributed by atoms with Crippen LogP contribution in [-0.2, 0) is 14.4 Å². The van der Waals surface area contributed by atoms with E-state index in [1.54, 1.807) is 0 Å². The van der Waals surface area contributed by atoms with Crippen LogP contribution in [-0.4, -0.2) is 76.1 Å². The maximum atomic E-state index is 10.3. The average molecular weight is 420 g/mol. The van der Waals surface area contributed by atoms with Crippen LogP contribution in [0.1, 0.15) is 24.0 Å². The molecule has 1 aromatic rings. The first kappa shape index (κ1) is 25.6. The molecule has 0 saturated carbocycles. The molecular formula is C18H26ClNO8. The molecule has 0 spiro atoms. The molecule has 0 heterocycles. The molecule has 0 unspecified atom stereocenters. The number of nitrogens with zero attached hydrogens (tertiary/aromatic N) is 1. The maximum Gasteiger partial charge on any atom is 0.336 e. The maximum absolute atomic E-state index is 10.3. The normalized spacial score (nSPS) is 10.8. The number of aliphatic hydroxyl groups is 1. The number of aliphatic carboxylic acids is 3. The molecule has 0 fully saturated rings. The average Bonchev–Trinajstić information content (AvgIpc) is 2.51. The van der Waals surface area contributed by atoms with Gasteiger partial charge in [-0.1, -0.05) is 11.6 Å². The highest BCUT2D eigenvalue weighted by molar-refractivity contribution is 6.32. The van der Waals surface area contributed by atoms with E-state index in [-0.39, 0.29) is 0 Å². The summed E-state index contributed by atoms with van der Waals surface area (Å²) in [4.78, 5) is 32.6. The van der Waals surface area contributed by atoms with Gasteiger partial charge in [0.2, 0.25) is 0 Å². The lowest BCUT2D eigenvalue weighted by Crippen LogP contribution is -2.42. The first-order valence-electron chi connectivity index (χ1n) is 8.22. The van der Waals surface area contributed by atoms with Crippen molar-refractivity contribution in [2.45, 2.75) is 32.3 Å². The number of carboxylic acid groups (broad SMARTS) is 3. The predicted octanol–water partition coefficient (Wildman–Crippen LogP) is 1.65. The van der Waals surface area contributed by atoms with Gasteiger partial charge in [-0.2, -0.15) is 0 Å². The molecule has 0 aliphatic carbocycles. The van der Waals surface area contributed by atoms with Gasteiger partial charge in [-0.25, -0.2) is 4.79 Å². The van der Waals surface area contributed by atoms with Gasteiger partial charge in [0, 0.05) is 11.6 Å². The second-order valence-corrected chi connectivity index (χ2v) is 6.88. The minimum atomic E-state index is -2.74. The van der Waals surface area contributed by atoms with Gasteiger partial charge in [0.1, 0.15) is 12.4 Å². The number of hydrogen-bond acceptors (Lipinski definition) is 6. The number of hydrogen-bond donors (Lipinski definition) is 4. The molecule has 0 radical (unpaired) electrons. The number of rotatable bonds is 9. The molecule has 10 heteroatoms. The summed E-state index contributed by atoms with van der Waals surface area (Å²) >= 11 is 6.07. The quantitative estimate of drug-likeness (QED) is 0.469. The molecule has 0 aliphatic rings. The van der Waals surface area contributed by atoms with Crippen LogP contribution < -0.4 is 4.74 Å². The van der Waals surface area contributed by atoms with Gasteiger partial charge in [-0.3, -0.25) is 9.59 Å². The van der Waals surface area contributed by atoms with E-state index >= 15 is 0 Å². The Morgan fingerprint density at radius 3 is 1.79 bits per heavy atom. The highest BCUT2D eigenvalue weighted by Gasteiger charge is 2.40. The summed E-state index contributed by atoms with van der Waals surface area (Å²) in [5, 5.41) is 34.6. The molecule has 4 N–H and O–H groups in total. The van der Waals surface area contributed by atoms with E-state index in [4.69, 9.17) is 36.8 Å². The summed E-state index contributed by atoms with van der Waals surface area (Å²) in [6, 6.07) is 3.95. The zero-order valence-electron chi connectivity index (χ0n) is 16.2. The van der Waals surface area contributed by atoms with Crippen molar-refractivity contribution in [1.82, 2.24) is 4.90 Å². The van der Waals surface area contributed by atoms with Crippen molar-refractivity contribution in [2.24, 2.45) is 0 Å². The third-order valence-electron chi connectivity index (χ3n) is 3.50. The van der Waals surface area contributed by atoms with Crippen molar-refractivity contribution in [3.8, 4) is 5.75 Å². The smallest absolute Gasteiger partial charge is 0.336 e. The molecule has 0 aliphatic heterocycles. The van der Waals surface area contributed by atoms with E-state index in [9.17, 15) is 14.4 Å². The highest BCUT2D eigenvalue weighted by atomic mass is 35.5. The topological polar surface area (TPSA) is 145 Å². The molecule has 0 saturated heterocycles. The number of carbonyl (C=O) groups is 3. The van der Waals surface area contributed by atoms with Gasteiger partial charge in [0.05, 0.1) is 12.8 Å². The third-order valence-corrected chi connectivity index (χ3v) is 4.10. The van der Waals surface area contributed by atoms with Crippen LogP contribution in [0, 0.1) is 13.8 Å². The Kier molecular flexibility index (Phi) is 10.5. The van der Waals surface area contributed by atoms with Gasteiger partial charge >= 0.3 is 17.9 Å². The fourth-order valence-corrected chi connectivity index (χ4v) is 2.16. The Labute approximate surface area is 168 Å². The molecule has 0 atom stereocenters. The van der Waals surface area contributed by atoms with E-state index in [2.05, 4.69) is 4.90 Å². The van der Waals surface area contributed by atoms with E-state index < -0.39 is 36.4 Å². The lowest BCUT2D eigenvalue weighted by Gasteiger charge is -2.18. The molecule has 158 valence electrons. The summed E-state index contributed by atoms with van der Waals surface area (Å²) in [5.41, 5.74) is -0.606. The van der Waals surface area contributed by atoms with E-state index in [1.807, 2.05) is 40.1 Å². The third kappa shape index (κ3) is 9.54. The second-order valence-electron chi connectivity index (χ2n) is 6.50. The highest BCUT2D eigenvalue weighted by Crippen LogP contribution is 2.25. The SMILES string of the molecule is Cc1cc(OCCN(C)C)cc(C)c1Cl.O=C(O)CC(O)(CC(=O)O)C(=O)O. The second kappa shape index (κ2) is 11.5. The van der Waals surface area contributed by atoms with E-state index in [0.717, 1.165) is 28.4 Å². The number of likely N-dealkylation sites (N-methyl/N-ethyl adjacent to an activating group) is 1. The Morgan fingerprint density at radius 2 is 1.46 bits per heavy atom. The van der Waals surface area contributed by atoms with Crippen molar-refractivity contribution < 1.29 is 39.5 Å². The van der Waals surface area contributed by atoms with E-state index in [0.29, 0.717) is 6.61 Å². The molecule has 0 aromatic heterocycles. The molecule has 9 nitrogen and oxygen atoms in total. The molecule has 0 bridgehead atoms. The number of aryl methyl sites for hydroxylation is 2. The lowest BCUT2D eigenvalue weighted by atomic mass is 9.96. The van der Waals surface area contributed by atoms with Crippen molar-refractivity contribution in [3.63, 3.8) is 0 Å². The Hall–Kier alpha value is -2.36. The van der Waals surface area contributed by atoms with Crippen LogP contribution >= 0.6 is 11.6 Å². The van der Waals surface area contributed by atoms with Crippen molar-refractivity contribution in [3.05, 3.63) is 28.3 Å². The summed E-state index contributed by atoms with van der Waals surface area (Å²) in [6.45, 7) is 5.61. The lowest BCUT2D eigenvalue weighted by molar-refractivity contribution is -0.170. The zero-order valence-corrected chi connectivity index (χ0v) is 17.0. The van der Waals surface area contributed by atoms with Crippen LogP contribution in [0.15, 0.2) is 12.1 Å². The molecular weight excluding hydrogens is 394 g/mol. The first-order chi connectivity index (χ1) is 12.8. The largest absolute Gasteiger partial charge is 0.492 e. The first-order valence-corrected chi connectivity index (χ1v) is 8.60. The van der Waals surface area contributed by atoms with Gasteiger partial charge in [-0.05, 0) is 51.2 Å². The fraction of sp³-hybridized carbons (Fsp3) is 0.500. The zero-order chi connectivity index (χ0) is 22.1. The van der Waals surface area contributed by atoms with Crippen molar-refractivity contribution in [2.75, 3.05) is 27.2 Å². The van der Waals surface area contributed by atoms with Crippen LogP contribution in [0.25, 0.3) is 0 Å². The minimum absolute atomic E-state index is 0.702. The van der Waals surface area contributed by atoms with Crippen molar-refractivity contribution >= 4 is 29.5 Å². The summed E-state index contributed by atoms with van der Waals surface area (Å²) < 4.78 is 5.63. The number of halogens is 1. The Balaban J connectivity index is 0.000000528. The number of benzene rings is 1. The van der Waals surface area contributed by atoms with E-state index in [1.165, 1.54) is 0 Å². The van der Waals surface area contributed by atoms with Gasteiger partial charge in [0.15, 0.2) is 5.60 Å². The monoisotopic (exact) mass is 419 g/mol. The number of carboxylic acids is 3. The summed E-state index contributed by atoms with van der Waals surface area (Å²) in [6.07, 6.45) is -2.29. The van der Waals surface area contributed by atoms with Crippen LogP contribution in [0.5, 0.6) is 5.75 Å². The molecule has 0 amide bonds. The van der Waals surface area contributed by atoms with Crippen molar-refractivity contribution in [1.29, 1.82) is 0 Å². The van der Waals surface area contributed by atoms with Crippen LogP contribution in [0.4, 0.5) is 0 Å². The van der Waals surface area contributed by atoms with Gasteiger partial charge in [-0.15, -0.1) is 0 Å². The Morgan fingerprint density at radius 1 is 1.04 bits per heavy atom. The Bertz CT molecular complexity index is 666. The van der Waals surface area contributed by atoms with Gasteiger partial charge in [0.25, 0.3) is 0 Å². The number of ether oxygens (including phenoxy) is 1. The minimum Gasteiger partial charge on any atom is -0.492 e. The van der Waals surface area contributed by atoms with Crippen LogP contribution in [0.3, 0.4) is 0 Å². The molecule has 1 rings (SSSR count). The fourth-order valence-electron chi connectivity index (χ4n) is 2.05. The predicted molar refractivity (Wildman–Crippen MR) is 102 cm³/mol. The molecule has 28 heavy (non-hydrogen) atoms. The summed E-state index contributed by atoms with van der Waals surface area (Å²) in [5.74, 6) is -4.12. The van der Waals surface area contributed by atoms with Gasteiger partial charge < -0.3 is 30.1 Å². The van der Waals surface area contributed by atoms with Crippen LogP contribution in [0.2, 0.25) is 5.02 Å². The summed E-state index contributed by atoms with van der Waals surface area (Å²) in [7, 11) is 4.06. The standard InChI is InChI=1S/C12H18ClNO.C6H8O7/c1-9-7-11(8-10(2)12(9)13)15-6-5-14(3)4;7-3(8)1-6(13,5(11)12)2-4(9)10/h7-8H,5-6H2,1-4H3;13H,1-2H2,(H,7,8)(H,9,10)(H,11,12). The molecule has 1 aromatic carbocycles.